The number of methoxy groups -OCH3 is 1. The van der Waals surface area contributed by atoms with Crippen molar-refractivity contribution in [1.29, 1.82) is 0 Å². The van der Waals surface area contributed by atoms with Crippen molar-refractivity contribution in [2.24, 2.45) is 0 Å². The van der Waals surface area contributed by atoms with Crippen LogP contribution in [0.4, 0.5) is 5.69 Å². The highest BCUT2D eigenvalue weighted by molar-refractivity contribution is 7.92. The van der Waals surface area contributed by atoms with Gasteiger partial charge in [0.25, 0.3) is 5.91 Å². The maximum atomic E-state index is 12.1. The van der Waals surface area contributed by atoms with E-state index in [1.54, 1.807) is 25.1 Å². The van der Waals surface area contributed by atoms with Crippen LogP contribution in [0.1, 0.15) is 43.0 Å². The van der Waals surface area contributed by atoms with E-state index in [1.165, 1.54) is 13.2 Å². The number of amides is 1. The molecule has 0 bridgehead atoms. The standard InChI is InChI=1S/C16H24N2O5S/c1-3-11-24(21,22)18-14-8-6-7-13(12-14)16(20)17-10-5-4-9-15(19)23-2/h6-8,12,18H,3-5,9-11H2,1-2H3,(H,17,20). The Morgan fingerprint density at radius 1 is 1.21 bits per heavy atom. The predicted molar refractivity (Wildman–Crippen MR) is 92.3 cm³/mol. The van der Waals surface area contributed by atoms with Crippen molar-refractivity contribution >= 4 is 27.6 Å². The van der Waals surface area contributed by atoms with Crippen LogP contribution in [0.15, 0.2) is 24.3 Å². The number of carbonyl (C=O) groups excluding carboxylic acids is 2. The van der Waals surface area contributed by atoms with E-state index in [9.17, 15) is 18.0 Å². The van der Waals surface area contributed by atoms with Crippen molar-refractivity contribution in [3.63, 3.8) is 0 Å². The summed E-state index contributed by atoms with van der Waals surface area (Å²) >= 11 is 0. The minimum Gasteiger partial charge on any atom is -0.469 e. The summed E-state index contributed by atoms with van der Waals surface area (Å²) in [6, 6.07) is 6.33. The molecule has 0 heterocycles. The van der Waals surface area contributed by atoms with Crippen LogP contribution in [0.2, 0.25) is 0 Å². The zero-order valence-electron chi connectivity index (χ0n) is 14.0. The molecule has 0 unspecified atom stereocenters. The van der Waals surface area contributed by atoms with Gasteiger partial charge >= 0.3 is 5.97 Å². The number of unbranched alkanes of at least 4 members (excludes halogenated alkanes) is 1. The Labute approximate surface area is 142 Å². The van der Waals surface area contributed by atoms with Gasteiger partial charge in [0.2, 0.25) is 10.0 Å². The fraction of sp³-hybridized carbons (Fsp3) is 0.500. The fourth-order valence-electron chi connectivity index (χ4n) is 2.02. The number of sulfonamides is 1. The molecule has 134 valence electrons. The number of esters is 1. The minimum absolute atomic E-state index is 0.0314. The Hall–Kier alpha value is -2.09. The second kappa shape index (κ2) is 9.92. The van der Waals surface area contributed by atoms with Gasteiger partial charge in [0.05, 0.1) is 12.9 Å². The van der Waals surface area contributed by atoms with Gasteiger partial charge in [-0.2, -0.15) is 0 Å². The van der Waals surface area contributed by atoms with Crippen LogP contribution in [0.25, 0.3) is 0 Å². The smallest absolute Gasteiger partial charge is 0.305 e. The van der Waals surface area contributed by atoms with E-state index >= 15 is 0 Å². The van der Waals surface area contributed by atoms with Crippen LogP contribution in [-0.2, 0) is 19.6 Å². The van der Waals surface area contributed by atoms with E-state index in [0.29, 0.717) is 43.5 Å². The lowest BCUT2D eigenvalue weighted by Crippen LogP contribution is -2.24. The zero-order valence-corrected chi connectivity index (χ0v) is 14.8. The van der Waals surface area contributed by atoms with Gasteiger partial charge in [0.15, 0.2) is 0 Å². The Balaban J connectivity index is 2.50. The van der Waals surface area contributed by atoms with Crippen molar-refractivity contribution in [2.75, 3.05) is 24.1 Å². The summed E-state index contributed by atoms with van der Waals surface area (Å²) in [5, 5.41) is 2.74. The molecule has 7 nitrogen and oxygen atoms in total. The van der Waals surface area contributed by atoms with Crippen molar-refractivity contribution in [1.82, 2.24) is 5.32 Å². The highest BCUT2D eigenvalue weighted by Gasteiger charge is 2.11. The molecule has 8 heteroatoms. The molecule has 24 heavy (non-hydrogen) atoms. The molecular formula is C16H24N2O5S. The summed E-state index contributed by atoms with van der Waals surface area (Å²) in [6.07, 6.45) is 2.12. The van der Waals surface area contributed by atoms with E-state index in [1.807, 2.05) is 0 Å². The largest absolute Gasteiger partial charge is 0.469 e. The van der Waals surface area contributed by atoms with Crippen LogP contribution in [-0.4, -0.2) is 39.7 Å². The average molecular weight is 356 g/mol. The average Bonchev–Trinajstić information content (AvgIpc) is 2.53. The van der Waals surface area contributed by atoms with Gasteiger partial charge in [-0.25, -0.2) is 8.42 Å². The summed E-state index contributed by atoms with van der Waals surface area (Å²) < 4.78 is 30.5. The van der Waals surface area contributed by atoms with Crippen LogP contribution in [0.5, 0.6) is 0 Å². The Morgan fingerprint density at radius 3 is 2.62 bits per heavy atom. The van der Waals surface area contributed by atoms with E-state index in [0.717, 1.165) is 0 Å². The molecular weight excluding hydrogens is 332 g/mol. The first-order valence-electron chi connectivity index (χ1n) is 7.83. The lowest BCUT2D eigenvalue weighted by Gasteiger charge is -2.09. The molecule has 1 aromatic carbocycles. The second-order valence-corrected chi connectivity index (χ2v) is 7.13. The van der Waals surface area contributed by atoms with E-state index in [4.69, 9.17) is 0 Å². The van der Waals surface area contributed by atoms with Crippen LogP contribution < -0.4 is 10.0 Å². The lowest BCUT2D eigenvalue weighted by atomic mass is 10.2. The summed E-state index contributed by atoms with van der Waals surface area (Å²) in [6.45, 7) is 2.21. The van der Waals surface area contributed by atoms with Gasteiger partial charge in [-0.1, -0.05) is 13.0 Å². The van der Waals surface area contributed by atoms with E-state index in [2.05, 4.69) is 14.8 Å². The first kappa shape index (κ1) is 20.0. The fourth-order valence-corrected chi connectivity index (χ4v) is 3.15. The zero-order chi connectivity index (χ0) is 18.0. The molecule has 1 rings (SSSR count). The van der Waals surface area contributed by atoms with Crippen LogP contribution >= 0.6 is 0 Å². The van der Waals surface area contributed by atoms with Gasteiger partial charge < -0.3 is 10.1 Å². The molecule has 0 fully saturated rings. The quantitative estimate of drug-likeness (QED) is 0.492. The molecule has 0 aliphatic carbocycles. The van der Waals surface area contributed by atoms with Gasteiger partial charge in [0, 0.05) is 24.2 Å². The normalized spacial score (nSPS) is 10.9. The third-order valence-corrected chi connectivity index (χ3v) is 4.68. The topological polar surface area (TPSA) is 102 Å². The molecule has 0 saturated heterocycles. The molecule has 0 radical (unpaired) electrons. The summed E-state index contributed by atoms with van der Waals surface area (Å²) in [7, 11) is -2.05. The molecule has 0 aliphatic rings. The summed E-state index contributed by atoms with van der Waals surface area (Å²) in [4.78, 5) is 23.0. The lowest BCUT2D eigenvalue weighted by molar-refractivity contribution is -0.140. The highest BCUT2D eigenvalue weighted by Crippen LogP contribution is 2.13. The Morgan fingerprint density at radius 2 is 1.96 bits per heavy atom. The van der Waals surface area contributed by atoms with Crippen LogP contribution in [0, 0.1) is 0 Å². The molecule has 1 aromatic rings. The number of rotatable bonds is 10. The predicted octanol–water partition coefficient (Wildman–Crippen LogP) is 1.91. The number of carbonyl (C=O) groups is 2. The highest BCUT2D eigenvalue weighted by atomic mass is 32.2. The van der Waals surface area contributed by atoms with Gasteiger partial charge in [0.1, 0.15) is 0 Å². The maximum absolute atomic E-state index is 12.1. The monoisotopic (exact) mass is 356 g/mol. The molecule has 1 amide bonds. The van der Waals surface area contributed by atoms with Crippen molar-refractivity contribution in [3.05, 3.63) is 29.8 Å². The van der Waals surface area contributed by atoms with Crippen molar-refractivity contribution in [3.8, 4) is 0 Å². The first-order valence-corrected chi connectivity index (χ1v) is 9.48. The number of nitrogens with one attached hydrogen (secondary N) is 2. The Bertz CT molecular complexity index is 658. The molecule has 0 aliphatic heterocycles. The van der Waals surface area contributed by atoms with Gasteiger partial charge in [-0.3, -0.25) is 14.3 Å². The number of hydrogen-bond acceptors (Lipinski definition) is 5. The third kappa shape index (κ3) is 7.45. The molecule has 0 saturated carbocycles. The minimum atomic E-state index is -3.39. The second-order valence-electron chi connectivity index (χ2n) is 5.29. The van der Waals surface area contributed by atoms with Gasteiger partial charge in [-0.15, -0.1) is 0 Å². The first-order chi connectivity index (χ1) is 11.4. The van der Waals surface area contributed by atoms with Crippen LogP contribution in [0.3, 0.4) is 0 Å². The SMILES string of the molecule is CCCS(=O)(=O)Nc1cccc(C(=O)NCCCCC(=O)OC)c1. The number of anilines is 1. The molecule has 0 atom stereocenters. The van der Waals surface area contributed by atoms with Crippen molar-refractivity contribution < 1.29 is 22.7 Å². The molecule has 0 aromatic heterocycles. The summed E-state index contributed by atoms with van der Waals surface area (Å²) in [5.41, 5.74) is 0.737. The number of ether oxygens (including phenoxy) is 1. The van der Waals surface area contributed by atoms with Gasteiger partial charge in [-0.05, 0) is 37.5 Å². The molecule has 2 N–H and O–H groups in total. The Kier molecular flexibility index (Phi) is 8.25. The molecule has 0 spiro atoms. The van der Waals surface area contributed by atoms with E-state index in [-0.39, 0.29) is 17.6 Å². The third-order valence-electron chi connectivity index (χ3n) is 3.19. The maximum Gasteiger partial charge on any atom is 0.305 e. The van der Waals surface area contributed by atoms with Crippen molar-refractivity contribution in [2.45, 2.75) is 32.6 Å². The number of hydrogen-bond donors (Lipinski definition) is 2. The number of benzene rings is 1. The summed E-state index contributed by atoms with van der Waals surface area (Å²) in [5.74, 6) is -0.526. The van der Waals surface area contributed by atoms with E-state index < -0.39 is 10.0 Å².